The van der Waals surface area contributed by atoms with E-state index in [4.69, 9.17) is 20.9 Å². The van der Waals surface area contributed by atoms with Crippen LogP contribution in [0.2, 0.25) is 0 Å². The highest BCUT2D eigenvalue weighted by atomic mass is 16.7. The maximum atomic E-state index is 5.81. The highest BCUT2D eigenvalue weighted by molar-refractivity contribution is 5.49. The summed E-state index contributed by atoms with van der Waals surface area (Å²) in [7, 11) is 0. The van der Waals surface area contributed by atoms with Gasteiger partial charge in [-0.05, 0) is 6.07 Å². The first-order chi connectivity index (χ1) is 6.33. The van der Waals surface area contributed by atoms with Crippen molar-refractivity contribution in [2.75, 3.05) is 13.3 Å². The smallest absolute Gasteiger partial charge is 0.231 e. The Morgan fingerprint density at radius 1 is 1.38 bits per heavy atom. The van der Waals surface area contributed by atoms with Crippen LogP contribution in [0.3, 0.4) is 0 Å². The third-order valence-electron chi connectivity index (χ3n) is 2.08. The van der Waals surface area contributed by atoms with Crippen LogP contribution < -0.4 is 20.9 Å². The standard InChI is InChI=1S/C9H12N2O2/c10-4-7(11)6-2-1-3-8-9(6)13-5-12-8/h1-3,7H,4-5,10-11H2/t7-/m0/s1. The molecule has 1 atom stereocenters. The number of rotatable bonds is 2. The highest BCUT2D eigenvalue weighted by Crippen LogP contribution is 2.37. The molecule has 0 amide bonds. The summed E-state index contributed by atoms with van der Waals surface area (Å²) in [6, 6.07) is 5.47. The van der Waals surface area contributed by atoms with E-state index in [1.54, 1.807) is 0 Å². The topological polar surface area (TPSA) is 70.5 Å². The van der Waals surface area contributed by atoms with E-state index in [0.717, 1.165) is 17.1 Å². The predicted molar refractivity (Wildman–Crippen MR) is 48.5 cm³/mol. The van der Waals surface area contributed by atoms with Crippen LogP contribution in [0.5, 0.6) is 11.5 Å². The van der Waals surface area contributed by atoms with Gasteiger partial charge in [0, 0.05) is 18.2 Å². The lowest BCUT2D eigenvalue weighted by molar-refractivity contribution is 0.173. The Bertz CT molecular complexity index is 314. The van der Waals surface area contributed by atoms with Crippen LogP contribution >= 0.6 is 0 Å². The van der Waals surface area contributed by atoms with E-state index < -0.39 is 0 Å². The lowest BCUT2D eigenvalue weighted by Crippen LogP contribution is -2.21. The summed E-state index contributed by atoms with van der Waals surface area (Å²) in [5.74, 6) is 1.49. The molecule has 1 aliphatic heterocycles. The molecule has 4 N–H and O–H groups in total. The summed E-state index contributed by atoms with van der Waals surface area (Å²) in [6.07, 6.45) is 0. The number of hydrogen-bond donors (Lipinski definition) is 2. The third kappa shape index (κ3) is 1.34. The Kier molecular flexibility index (Phi) is 2.08. The molecule has 1 aromatic rings. The molecule has 0 aromatic heterocycles. The second-order valence-corrected chi connectivity index (χ2v) is 2.92. The van der Waals surface area contributed by atoms with E-state index in [0.29, 0.717) is 6.54 Å². The minimum absolute atomic E-state index is 0.184. The Labute approximate surface area is 76.4 Å². The minimum Gasteiger partial charge on any atom is -0.454 e. The second kappa shape index (κ2) is 3.24. The van der Waals surface area contributed by atoms with Gasteiger partial charge < -0.3 is 20.9 Å². The van der Waals surface area contributed by atoms with Gasteiger partial charge in [-0.1, -0.05) is 12.1 Å². The molecular weight excluding hydrogens is 168 g/mol. The number of ether oxygens (including phenoxy) is 2. The summed E-state index contributed by atoms with van der Waals surface area (Å²) in [5.41, 5.74) is 12.2. The van der Waals surface area contributed by atoms with E-state index in [1.165, 1.54) is 0 Å². The van der Waals surface area contributed by atoms with Gasteiger partial charge in [0.2, 0.25) is 6.79 Å². The van der Waals surface area contributed by atoms with Crippen LogP contribution in [0.4, 0.5) is 0 Å². The van der Waals surface area contributed by atoms with Crippen molar-refractivity contribution in [3.05, 3.63) is 23.8 Å². The molecule has 0 saturated heterocycles. The maximum absolute atomic E-state index is 5.81. The normalized spacial score (nSPS) is 15.8. The summed E-state index contributed by atoms with van der Waals surface area (Å²) >= 11 is 0. The third-order valence-corrected chi connectivity index (χ3v) is 2.08. The molecule has 0 radical (unpaired) electrons. The fourth-order valence-corrected chi connectivity index (χ4v) is 1.37. The van der Waals surface area contributed by atoms with Gasteiger partial charge >= 0.3 is 0 Å². The first-order valence-electron chi connectivity index (χ1n) is 4.17. The van der Waals surface area contributed by atoms with Gasteiger partial charge in [0.15, 0.2) is 11.5 Å². The zero-order valence-corrected chi connectivity index (χ0v) is 7.19. The van der Waals surface area contributed by atoms with Crippen LogP contribution in [0.25, 0.3) is 0 Å². The minimum atomic E-state index is -0.184. The van der Waals surface area contributed by atoms with Crippen LogP contribution in [0.15, 0.2) is 18.2 Å². The largest absolute Gasteiger partial charge is 0.454 e. The van der Waals surface area contributed by atoms with Crippen molar-refractivity contribution < 1.29 is 9.47 Å². The summed E-state index contributed by atoms with van der Waals surface area (Å²) < 4.78 is 10.5. The Hall–Kier alpha value is -1.26. The molecule has 0 bridgehead atoms. The Morgan fingerprint density at radius 3 is 3.00 bits per heavy atom. The molecule has 0 saturated carbocycles. The molecule has 4 nitrogen and oxygen atoms in total. The molecule has 1 heterocycles. The Balaban J connectivity index is 2.41. The van der Waals surface area contributed by atoms with Crippen molar-refractivity contribution in [2.45, 2.75) is 6.04 Å². The van der Waals surface area contributed by atoms with Gasteiger partial charge in [-0.25, -0.2) is 0 Å². The second-order valence-electron chi connectivity index (χ2n) is 2.92. The van der Waals surface area contributed by atoms with Crippen LogP contribution in [-0.4, -0.2) is 13.3 Å². The van der Waals surface area contributed by atoms with Crippen molar-refractivity contribution in [2.24, 2.45) is 11.5 Å². The monoisotopic (exact) mass is 180 g/mol. The van der Waals surface area contributed by atoms with Crippen LogP contribution in [-0.2, 0) is 0 Å². The molecule has 1 aromatic carbocycles. The number of benzene rings is 1. The summed E-state index contributed by atoms with van der Waals surface area (Å²) in [5, 5.41) is 0. The fourth-order valence-electron chi connectivity index (χ4n) is 1.37. The van der Waals surface area contributed by atoms with Gasteiger partial charge in [0.25, 0.3) is 0 Å². The number of para-hydroxylation sites is 1. The van der Waals surface area contributed by atoms with Gasteiger partial charge in [-0.15, -0.1) is 0 Å². The predicted octanol–water partition coefficient (Wildman–Crippen LogP) is 0.374. The molecule has 1 aliphatic rings. The van der Waals surface area contributed by atoms with Crippen LogP contribution in [0.1, 0.15) is 11.6 Å². The quantitative estimate of drug-likeness (QED) is 0.690. The first-order valence-corrected chi connectivity index (χ1v) is 4.17. The van der Waals surface area contributed by atoms with Crippen molar-refractivity contribution in [1.82, 2.24) is 0 Å². The number of hydrogen-bond acceptors (Lipinski definition) is 4. The van der Waals surface area contributed by atoms with Crippen LogP contribution in [0, 0.1) is 0 Å². The first kappa shape index (κ1) is 8.34. The lowest BCUT2D eigenvalue weighted by Gasteiger charge is -2.11. The zero-order chi connectivity index (χ0) is 9.26. The van der Waals surface area contributed by atoms with Gasteiger partial charge in [-0.2, -0.15) is 0 Å². The van der Waals surface area contributed by atoms with Gasteiger partial charge in [0.1, 0.15) is 0 Å². The van der Waals surface area contributed by atoms with Crippen molar-refractivity contribution >= 4 is 0 Å². The average molecular weight is 180 g/mol. The van der Waals surface area contributed by atoms with E-state index in [9.17, 15) is 0 Å². The Morgan fingerprint density at radius 2 is 2.23 bits per heavy atom. The fraction of sp³-hybridized carbons (Fsp3) is 0.333. The van der Waals surface area contributed by atoms with Gasteiger partial charge in [0.05, 0.1) is 0 Å². The molecule has 13 heavy (non-hydrogen) atoms. The van der Waals surface area contributed by atoms with Crippen molar-refractivity contribution in [3.8, 4) is 11.5 Å². The molecule has 2 rings (SSSR count). The molecule has 0 spiro atoms. The molecule has 0 unspecified atom stereocenters. The van der Waals surface area contributed by atoms with E-state index in [-0.39, 0.29) is 12.8 Å². The molecule has 4 heteroatoms. The molecule has 0 aliphatic carbocycles. The number of fused-ring (bicyclic) bond motifs is 1. The van der Waals surface area contributed by atoms with Crippen molar-refractivity contribution in [1.29, 1.82) is 0 Å². The SMILES string of the molecule is NC[C@H](N)c1cccc2c1OCO2. The van der Waals surface area contributed by atoms with E-state index >= 15 is 0 Å². The molecule has 0 fully saturated rings. The zero-order valence-electron chi connectivity index (χ0n) is 7.19. The summed E-state index contributed by atoms with van der Waals surface area (Å²) in [6.45, 7) is 0.670. The molecule has 70 valence electrons. The maximum Gasteiger partial charge on any atom is 0.231 e. The average Bonchev–Trinajstić information content (AvgIpc) is 2.63. The number of nitrogens with two attached hydrogens (primary N) is 2. The van der Waals surface area contributed by atoms with Crippen molar-refractivity contribution in [3.63, 3.8) is 0 Å². The van der Waals surface area contributed by atoms with E-state index in [1.807, 2.05) is 18.2 Å². The van der Waals surface area contributed by atoms with Gasteiger partial charge in [-0.3, -0.25) is 0 Å². The highest BCUT2D eigenvalue weighted by Gasteiger charge is 2.19. The molecular formula is C9H12N2O2. The summed E-state index contributed by atoms with van der Waals surface area (Å²) in [4.78, 5) is 0. The lowest BCUT2D eigenvalue weighted by atomic mass is 10.1. The van der Waals surface area contributed by atoms with E-state index in [2.05, 4.69) is 0 Å².